The molecule has 50 valence electrons. The fourth-order valence-corrected chi connectivity index (χ4v) is 0.730. The predicted octanol–water partition coefficient (Wildman–Crippen LogP) is 0.873. The molecule has 0 amide bonds. The third kappa shape index (κ3) is 0.833. The van der Waals surface area contributed by atoms with Crippen LogP contribution in [0.4, 0.5) is 0 Å². The molecule has 2 rings (SSSR count). The number of fused-ring (bicyclic) bond motifs is 1. The molecule has 0 aromatic carbocycles. The summed E-state index contributed by atoms with van der Waals surface area (Å²) in [4.78, 5) is 0. The van der Waals surface area contributed by atoms with E-state index in [1.165, 1.54) is 0 Å². The summed E-state index contributed by atoms with van der Waals surface area (Å²) in [5, 5.41) is 0.608. The maximum Gasteiger partial charge on any atom is 0.0827 e. The zero-order valence-electron chi connectivity index (χ0n) is 13.7. The summed E-state index contributed by atoms with van der Waals surface area (Å²) >= 11 is 0. The second kappa shape index (κ2) is 2.03. The van der Waals surface area contributed by atoms with Gasteiger partial charge < -0.3 is 5.01 Å². The van der Waals surface area contributed by atoms with Gasteiger partial charge in [0.15, 0.2) is 0 Å². The molecule has 0 spiro atoms. The van der Waals surface area contributed by atoms with Gasteiger partial charge in [0, 0.05) is 27.0 Å². The molecule has 1 atom stereocenters. The lowest BCUT2D eigenvalue weighted by Crippen LogP contribution is -2.33. The van der Waals surface area contributed by atoms with Crippen molar-refractivity contribution in [2.24, 2.45) is 0 Å². The van der Waals surface area contributed by atoms with Gasteiger partial charge in [-0.3, -0.25) is 0 Å². The minimum Gasteiger partial charge on any atom is -0.313 e. The van der Waals surface area contributed by atoms with E-state index in [-0.39, 0.29) is 0 Å². The van der Waals surface area contributed by atoms with E-state index >= 15 is 0 Å². The van der Waals surface area contributed by atoms with Gasteiger partial charge in [0.25, 0.3) is 0 Å². The first-order valence-electron chi connectivity index (χ1n) is 7.13. The number of hydrazine groups is 1. The molecule has 1 N–H and O–H groups in total. The lowest BCUT2D eigenvalue weighted by atomic mass is 10.1. The van der Waals surface area contributed by atoms with Crippen LogP contribution in [0.5, 0.6) is 0 Å². The number of hydrogen-bond donors (Lipinski definition) is 1. The first-order chi connectivity index (χ1) is 7.91. The fraction of sp³-hybridized carbons (Fsp3) is 0.714. The maximum atomic E-state index is 8.06. The largest absolute Gasteiger partial charge is 0.313 e. The average Bonchev–Trinajstić information content (AvgIpc) is 2.48. The molecule has 2 aliphatic heterocycles. The highest BCUT2D eigenvalue weighted by atomic mass is 15.5. The van der Waals surface area contributed by atoms with Crippen LogP contribution in [0.1, 0.15) is 31.5 Å². The smallest absolute Gasteiger partial charge is 0.0827 e. The van der Waals surface area contributed by atoms with E-state index in [0.717, 1.165) is 0 Å². The highest BCUT2D eigenvalue weighted by Gasteiger charge is 2.22. The molecule has 1 fully saturated rings. The van der Waals surface area contributed by atoms with Crippen molar-refractivity contribution in [2.75, 3.05) is 6.54 Å². The Hall–Kier alpha value is -0.500. The monoisotopic (exact) mass is 133 g/mol. The van der Waals surface area contributed by atoms with Crippen LogP contribution in [0, 0.1) is 0 Å². The Balaban J connectivity index is 2.75. The summed E-state index contributed by atoms with van der Waals surface area (Å²) in [7, 11) is 0. The molecule has 0 saturated carbocycles. The van der Waals surface area contributed by atoms with Gasteiger partial charge in [-0.15, -0.1) is 0 Å². The Morgan fingerprint density at radius 1 is 1.89 bits per heavy atom. The summed E-state index contributed by atoms with van der Waals surface area (Å²) in [6.07, 6.45) is -8.99. The molecule has 0 aromatic heterocycles. The van der Waals surface area contributed by atoms with Crippen LogP contribution in [-0.4, -0.2) is 17.6 Å². The molecular formula is C7H12N2. The predicted molar refractivity (Wildman–Crippen MR) is 36.6 cm³/mol. The number of allylic oxidation sites excluding steroid dienone is 1. The molecule has 2 aliphatic rings. The Labute approximate surface area is 68.2 Å². The van der Waals surface area contributed by atoms with E-state index in [0.29, 0.717) is 5.01 Å². The molecule has 0 radical (unpaired) electrons. The van der Waals surface area contributed by atoms with Crippen molar-refractivity contribution >= 4 is 0 Å². The van der Waals surface area contributed by atoms with Crippen molar-refractivity contribution in [2.45, 2.75) is 25.1 Å². The lowest BCUT2D eigenvalue weighted by molar-refractivity contribution is 0.251. The molecule has 2 heteroatoms. The highest BCUT2D eigenvalue weighted by molar-refractivity contribution is 4.94. The summed E-state index contributed by atoms with van der Waals surface area (Å²) in [5.41, 5.74) is 2.36. The summed E-state index contributed by atoms with van der Waals surface area (Å²) in [6, 6.07) is -3.54. The number of hydrogen-bond acceptors (Lipinski definition) is 2. The summed E-state index contributed by atoms with van der Waals surface area (Å²) in [5.74, 6) is 0. The van der Waals surface area contributed by atoms with Crippen LogP contribution >= 0.6 is 0 Å². The molecule has 1 unspecified atom stereocenters. The second-order valence-corrected chi connectivity index (χ2v) is 1.68. The van der Waals surface area contributed by atoms with Gasteiger partial charge in [0.2, 0.25) is 0 Å². The number of nitrogens with one attached hydrogen (secondary N) is 1. The lowest BCUT2D eigenvalue weighted by Gasteiger charge is -2.24. The molecule has 0 bridgehead atoms. The Morgan fingerprint density at radius 2 is 2.89 bits per heavy atom. The van der Waals surface area contributed by atoms with E-state index in [4.69, 9.17) is 12.3 Å². The zero-order valence-corrected chi connectivity index (χ0v) is 4.65. The third-order valence-corrected chi connectivity index (χ3v) is 1.13. The van der Waals surface area contributed by atoms with Crippen LogP contribution in [0.2, 0.25) is 0 Å². The van der Waals surface area contributed by atoms with Crippen molar-refractivity contribution in [3.63, 3.8) is 0 Å². The summed E-state index contributed by atoms with van der Waals surface area (Å²) < 4.78 is 69.3. The van der Waals surface area contributed by atoms with Crippen molar-refractivity contribution in [3.05, 3.63) is 12.2 Å². The normalized spacial score (nSPS) is 74.7. The van der Waals surface area contributed by atoms with E-state index in [1.807, 2.05) is 0 Å². The minimum atomic E-state index is -2.98. The fourth-order valence-electron chi connectivity index (χ4n) is 0.730. The van der Waals surface area contributed by atoms with Crippen LogP contribution < -0.4 is 5.43 Å². The van der Waals surface area contributed by atoms with Crippen LogP contribution in [0.3, 0.4) is 0 Å². The molecule has 9 heavy (non-hydrogen) atoms. The van der Waals surface area contributed by atoms with Crippen molar-refractivity contribution in [1.29, 1.82) is 0 Å². The minimum absolute atomic E-state index is 0.415. The highest BCUT2D eigenvalue weighted by Crippen LogP contribution is 2.18. The average molecular weight is 133 g/mol. The molecule has 0 aromatic rings. The molecular weight excluding hydrogens is 112 g/mol. The van der Waals surface area contributed by atoms with Gasteiger partial charge in [-0.05, 0) is 19.1 Å². The van der Waals surface area contributed by atoms with Crippen LogP contribution in [0.25, 0.3) is 0 Å². The quantitative estimate of drug-likeness (QED) is 0.527. The summed E-state index contributed by atoms with van der Waals surface area (Å²) in [6.45, 7) is -0.415. The van der Waals surface area contributed by atoms with Crippen LogP contribution in [-0.2, 0) is 0 Å². The van der Waals surface area contributed by atoms with Gasteiger partial charge in [-0.2, -0.15) is 0 Å². The number of nitrogens with zero attached hydrogens (tertiary/aromatic N) is 1. The van der Waals surface area contributed by atoms with Gasteiger partial charge in [-0.25, -0.2) is 5.43 Å². The maximum absolute atomic E-state index is 8.06. The molecule has 2 nitrogen and oxygen atoms in total. The second-order valence-electron chi connectivity index (χ2n) is 1.68. The Morgan fingerprint density at radius 3 is 3.89 bits per heavy atom. The number of rotatable bonds is 0. The SMILES string of the molecule is [2H]C1=C([2H])C([2H])([2H])C([2H])([2H])C2([2H])N1NCC2([2H])[2H]. The van der Waals surface area contributed by atoms with E-state index in [9.17, 15) is 0 Å². The third-order valence-electron chi connectivity index (χ3n) is 1.13. The van der Waals surface area contributed by atoms with Crippen molar-refractivity contribution in [3.8, 4) is 0 Å². The van der Waals surface area contributed by atoms with Gasteiger partial charge in [-0.1, -0.05) is 6.05 Å². The molecule has 2 heterocycles. The first kappa shape index (κ1) is 1.40. The van der Waals surface area contributed by atoms with Crippen LogP contribution in [0.15, 0.2) is 12.2 Å². The van der Waals surface area contributed by atoms with E-state index < -0.39 is 43.9 Å². The Bertz CT molecular complexity index is 431. The molecule has 1 saturated heterocycles. The Kier molecular flexibility index (Phi) is 0.315. The molecule has 0 aliphatic carbocycles. The first-order valence-corrected chi connectivity index (χ1v) is 2.63. The van der Waals surface area contributed by atoms with E-state index in [1.54, 1.807) is 0 Å². The van der Waals surface area contributed by atoms with Gasteiger partial charge >= 0.3 is 0 Å². The van der Waals surface area contributed by atoms with E-state index in [2.05, 4.69) is 5.43 Å². The van der Waals surface area contributed by atoms with Crippen molar-refractivity contribution in [1.82, 2.24) is 10.4 Å². The zero-order chi connectivity index (χ0) is 14.1. The standard InChI is InChI=1S/C7H12N2/c1-2-6-9-7(3-1)4-5-8-9/h2,6-8H,1,3-5H2/i1D2,2D,3D2,4D2,6D,7D. The van der Waals surface area contributed by atoms with Gasteiger partial charge in [0.05, 0.1) is 4.11 Å². The van der Waals surface area contributed by atoms with Crippen molar-refractivity contribution < 1.29 is 12.3 Å². The topological polar surface area (TPSA) is 15.3 Å². The van der Waals surface area contributed by atoms with Gasteiger partial charge in [0.1, 0.15) is 0 Å².